The summed E-state index contributed by atoms with van der Waals surface area (Å²) >= 11 is 0. The first kappa shape index (κ1) is 20.6. The van der Waals surface area contributed by atoms with Crippen LogP contribution in [-0.2, 0) is 4.79 Å². The van der Waals surface area contributed by atoms with Crippen molar-refractivity contribution in [2.45, 2.75) is 37.8 Å². The summed E-state index contributed by atoms with van der Waals surface area (Å²) in [6.45, 7) is 5.01. The van der Waals surface area contributed by atoms with Gasteiger partial charge < -0.3 is 19.3 Å². The summed E-state index contributed by atoms with van der Waals surface area (Å²) in [5.74, 6) is -0.386. The van der Waals surface area contributed by atoms with E-state index in [2.05, 4.69) is 4.98 Å². The minimum atomic E-state index is -1.20. The fourth-order valence-corrected chi connectivity index (χ4v) is 4.27. The van der Waals surface area contributed by atoms with Crippen LogP contribution in [-0.4, -0.2) is 62.5 Å². The predicted molar refractivity (Wildman–Crippen MR) is 115 cm³/mol. The Morgan fingerprint density at radius 1 is 1.09 bits per heavy atom. The highest BCUT2D eigenvalue weighted by molar-refractivity contribution is 5.95. The average Bonchev–Trinajstić information content (AvgIpc) is 3.37. The van der Waals surface area contributed by atoms with Crippen LogP contribution >= 0.6 is 0 Å². The normalized spacial score (nSPS) is 19.2. The van der Waals surface area contributed by atoms with Gasteiger partial charge in [-0.25, -0.2) is 9.37 Å². The predicted octanol–water partition coefficient (Wildman–Crippen LogP) is 3.22. The molecule has 1 saturated heterocycles. The number of halogens is 1. The van der Waals surface area contributed by atoms with E-state index in [4.69, 9.17) is 4.42 Å². The van der Waals surface area contributed by atoms with Crippen LogP contribution in [0.25, 0.3) is 22.6 Å². The molecule has 2 aromatic carbocycles. The van der Waals surface area contributed by atoms with Crippen LogP contribution in [0.2, 0.25) is 0 Å². The first-order valence-corrected chi connectivity index (χ1v) is 10.7. The lowest BCUT2D eigenvalue weighted by Crippen LogP contribution is -2.63. The SMILES string of the molecule is CC1(C)CN(C(=O)C2(O)CC2)CCN1C(=O)c1ccc(-c2nc3cc(F)ccc3o2)cc1. The smallest absolute Gasteiger partial charge is 0.254 e. The third-order valence-corrected chi connectivity index (χ3v) is 6.28. The Balaban J connectivity index is 1.32. The fraction of sp³-hybridized carbons (Fsp3) is 0.375. The van der Waals surface area contributed by atoms with E-state index in [1.807, 2.05) is 13.8 Å². The molecule has 1 saturated carbocycles. The second-order valence-corrected chi connectivity index (χ2v) is 9.24. The van der Waals surface area contributed by atoms with Gasteiger partial charge in [-0.15, -0.1) is 0 Å². The van der Waals surface area contributed by atoms with Gasteiger partial charge in [0.15, 0.2) is 5.58 Å². The number of carbonyl (C=O) groups is 2. The van der Waals surface area contributed by atoms with Gasteiger partial charge in [-0.1, -0.05) is 0 Å². The molecule has 8 heteroatoms. The summed E-state index contributed by atoms with van der Waals surface area (Å²) in [7, 11) is 0. The molecule has 3 aromatic rings. The average molecular weight is 437 g/mol. The van der Waals surface area contributed by atoms with Gasteiger partial charge in [-0.3, -0.25) is 9.59 Å². The topological polar surface area (TPSA) is 86.9 Å². The molecule has 5 rings (SSSR count). The van der Waals surface area contributed by atoms with E-state index in [1.165, 1.54) is 18.2 Å². The van der Waals surface area contributed by atoms with Crippen molar-refractivity contribution in [3.8, 4) is 11.5 Å². The number of rotatable bonds is 3. The van der Waals surface area contributed by atoms with Crippen molar-refractivity contribution in [2.24, 2.45) is 0 Å². The van der Waals surface area contributed by atoms with Crippen molar-refractivity contribution in [3.63, 3.8) is 0 Å². The maximum atomic E-state index is 13.4. The zero-order valence-electron chi connectivity index (χ0n) is 18.0. The summed E-state index contributed by atoms with van der Waals surface area (Å²) in [5, 5.41) is 10.1. The highest BCUT2D eigenvalue weighted by Gasteiger charge is 2.52. The van der Waals surface area contributed by atoms with Gasteiger partial charge >= 0.3 is 0 Å². The van der Waals surface area contributed by atoms with E-state index < -0.39 is 11.1 Å². The van der Waals surface area contributed by atoms with E-state index in [1.54, 1.807) is 34.1 Å². The van der Waals surface area contributed by atoms with Crippen molar-refractivity contribution in [3.05, 3.63) is 53.8 Å². The number of nitrogens with zero attached hydrogens (tertiary/aromatic N) is 3. The molecule has 0 bridgehead atoms. The zero-order chi connectivity index (χ0) is 22.7. The number of piperazine rings is 1. The second-order valence-electron chi connectivity index (χ2n) is 9.24. The molecule has 2 heterocycles. The molecule has 2 amide bonds. The monoisotopic (exact) mass is 437 g/mol. The Morgan fingerprint density at radius 2 is 1.81 bits per heavy atom. The van der Waals surface area contributed by atoms with Crippen LogP contribution in [0.15, 0.2) is 46.9 Å². The third-order valence-electron chi connectivity index (χ3n) is 6.28. The highest BCUT2D eigenvalue weighted by Crippen LogP contribution is 2.38. The number of carbonyl (C=O) groups excluding carboxylic acids is 2. The number of oxazole rings is 1. The van der Waals surface area contributed by atoms with Gasteiger partial charge in [0.05, 0.1) is 5.54 Å². The van der Waals surface area contributed by atoms with Crippen molar-refractivity contribution < 1.29 is 23.5 Å². The third kappa shape index (κ3) is 3.54. The minimum Gasteiger partial charge on any atom is -0.436 e. The molecule has 1 aliphatic carbocycles. The molecule has 0 radical (unpaired) electrons. The van der Waals surface area contributed by atoms with Crippen LogP contribution in [0.5, 0.6) is 0 Å². The summed E-state index contributed by atoms with van der Waals surface area (Å²) in [4.78, 5) is 33.5. The lowest BCUT2D eigenvalue weighted by molar-refractivity contribution is -0.146. The van der Waals surface area contributed by atoms with E-state index in [0.717, 1.165) is 0 Å². The lowest BCUT2D eigenvalue weighted by atomic mass is 9.96. The molecule has 2 fully saturated rings. The van der Waals surface area contributed by atoms with Gasteiger partial charge in [0.2, 0.25) is 5.89 Å². The quantitative estimate of drug-likeness (QED) is 0.680. The van der Waals surface area contributed by atoms with Crippen LogP contribution in [0.3, 0.4) is 0 Å². The Bertz CT molecular complexity index is 1210. The van der Waals surface area contributed by atoms with Crippen LogP contribution < -0.4 is 0 Å². The van der Waals surface area contributed by atoms with Crippen molar-refractivity contribution in [1.29, 1.82) is 0 Å². The first-order valence-electron chi connectivity index (χ1n) is 10.7. The number of fused-ring (bicyclic) bond motifs is 1. The minimum absolute atomic E-state index is 0.126. The molecule has 7 nitrogen and oxygen atoms in total. The van der Waals surface area contributed by atoms with Gasteiger partial charge in [0, 0.05) is 36.8 Å². The Labute approximate surface area is 184 Å². The molecule has 32 heavy (non-hydrogen) atoms. The number of hydrogen-bond acceptors (Lipinski definition) is 5. The van der Waals surface area contributed by atoms with Gasteiger partial charge in [0.25, 0.3) is 11.8 Å². The molecule has 1 aromatic heterocycles. The number of hydrogen-bond donors (Lipinski definition) is 1. The van der Waals surface area contributed by atoms with Gasteiger partial charge in [-0.05, 0) is 63.1 Å². The van der Waals surface area contributed by atoms with Crippen molar-refractivity contribution in [1.82, 2.24) is 14.8 Å². The van der Waals surface area contributed by atoms with E-state index in [0.29, 0.717) is 60.6 Å². The van der Waals surface area contributed by atoms with Gasteiger partial charge in [0.1, 0.15) is 16.9 Å². The van der Waals surface area contributed by atoms with Gasteiger partial charge in [-0.2, -0.15) is 0 Å². The molecule has 0 atom stereocenters. The van der Waals surface area contributed by atoms with E-state index in [9.17, 15) is 19.1 Å². The van der Waals surface area contributed by atoms with Crippen molar-refractivity contribution in [2.75, 3.05) is 19.6 Å². The molecule has 0 spiro atoms. The standard InChI is InChI=1S/C24H24FN3O4/c1-23(2)14-27(22(30)24(31)9-10-24)11-12-28(23)21(29)16-5-3-15(4-6-16)20-26-18-13-17(25)7-8-19(18)32-20/h3-8,13,31H,9-12,14H2,1-2H3. The Kier molecular flexibility index (Phi) is 4.60. The number of amides is 2. The largest absolute Gasteiger partial charge is 0.436 e. The van der Waals surface area contributed by atoms with E-state index >= 15 is 0 Å². The number of aromatic nitrogens is 1. The Hall–Kier alpha value is -3.26. The zero-order valence-corrected chi connectivity index (χ0v) is 18.0. The van der Waals surface area contributed by atoms with Crippen LogP contribution in [0, 0.1) is 5.82 Å². The summed E-state index contributed by atoms with van der Waals surface area (Å²) in [6.07, 6.45) is 1.01. The Morgan fingerprint density at radius 3 is 2.47 bits per heavy atom. The maximum absolute atomic E-state index is 13.4. The number of aliphatic hydroxyl groups is 1. The van der Waals surface area contributed by atoms with Crippen molar-refractivity contribution >= 4 is 22.9 Å². The number of benzene rings is 2. The summed E-state index contributed by atoms with van der Waals surface area (Å²) < 4.78 is 19.1. The molecule has 2 aliphatic rings. The van der Waals surface area contributed by atoms with Crippen LogP contribution in [0.4, 0.5) is 4.39 Å². The summed E-state index contributed by atoms with van der Waals surface area (Å²) in [5.41, 5.74) is 0.361. The molecular weight excluding hydrogens is 413 g/mol. The second kappa shape index (κ2) is 7.13. The van der Waals surface area contributed by atoms with Crippen LogP contribution in [0.1, 0.15) is 37.0 Å². The summed E-state index contributed by atoms with van der Waals surface area (Å²) in [6, 6.07) is 11.1. The first-order chi connectivity index (χ1) is 15.2. The molecule has 0 unspecified atom stereocenters. The molecule has 1 aliphatic heterocycles. The molecular formula is C24H24FN3O4. The molecule has 166 valence electrons. The highest BCUT2D eigenvalue weighted by atomic mass is 19.1. The fourth-order valence-electron chi connectivity index (χ4n) is 4.27. The lowest BCUT2D eigenvalue weighted by Gasteiger charge is -2.47. The molecule has 1 N–H and O–H groups in total. The maximum Gasteiger partial charge on any atom is 0.254 e. The van der Waals surface area contributed by atoms with E-state index in [-0.39, 0.29) is 17.6 Å².